The maximum atomic E-state index is 12.7. The van der Waals surface area contributed by atoms with E-state index in [0.29, 0.717) is 18.2 Å². The Bertz CT molecular complexity index is 837. The molecule has 30 heavy (non-hydrogen) atoms. The van der Waals surface area contributed by atoms with Gasteiger partial charge in [-0.1, -0.05) is 12.1 Å². The summed E-state index contributed by atoms with van der Waals surface area (Å²) in [7, 11) is 0. The summed E-state index contributed by atoms with van der Waals surface area (Å²) in [6.45, 7) is 0. The van der Waals surface area contributed by atoms with Crippen LogP contribution in [-0.4, -0.2) is 42.1 Å². The second kappa shape index (κ2) is 8.31. The molecule has 166 valence electrons. The first-order valence-corrected chi connectivity index (χ1v) is 7.05. The minimum atomic E-state index is -6.30. The van der Waals surface area contributed by atoms with E-state index in [4.69, 9.17) is 0 Å². The molecule has 0 bridgehead atoms. The predicted molar refractivity (Wildman–Crippen MR) is 74.2 cm³/mol. The highest BCUT2D eigenvalue weighted by molar-refractivity contribution is 5.97. The maximum absolute atomic E-state index is 12.7. The Morgan fingerprint density at radius 1 is 0.700 bits per heavy atom. The van der Waals surface area contributed by atoms with Gasteiger partial charge in [-0.15, -0.1) is 0 Å². The number of carbonyl (C=O) groups is 3. The van der Waals surface area contributed by atoms with Crippen LogP contribution in [0.1, 0.15) is 5.56 Å². The summed E-state index contributed by atoms with van der Waals surface area (Å²) in [5, 5.41) is 0. The molecule has 0 radical (unpaired) electrons. The second-order valence-corrected chi connectivity index (χ2v) is 5.14. The van der Waals surface area contributed by atoms with Gasteiger partial charge in [0.1, 0.15) is 5.75 Å². The van der Waals surface area contributed by atoms with Crippen LogP contribution in [-0.2, 0) is 19.1 Å². The first kappa shape index (κ1) is 24.9. The maximum Gasteiger partial charge on any atom is 0.465 e. The van der Waals surface area contributed by atoms with Crippen LogP contribution in [0.5, 0.6) is 5.75 Å². The van der Waals surface area contributed by atoms with Crippen molar-refractivity contribution in [1.29, 1.82) is 0 Å². The van der Waals surface area contributed by atoms with Crippen molar-refractivity contribution in [3.05, 3.63) is 35.9 Å². The number of ether oxygens (including phenoxy) is 2. The molecule has 0 aromatic heterocycles. The molecule has 5 nitrogen and oxygen atoms in total. The van der Waals surface area contributed by atoms with Crippen molar-refractivity contribution in [2.24, 2.45) is 0 Å². The molecule has 0 saturated carbocycles. The Labute approximate surface area is 158 Å². The van der Waals surface area contributed by atoms with E-state index in [0.717, 1.165) is 12.1 Å². The van der Waals surface area contributed by atoms with Crippen molar-refractivity contribution in [3.8, 4) is 5.75 Å². The lowest BCUT2D eigenvalue weighted by Gasteiger charge is -2.17. The Hall–Kier alpha value is -3.13. The average Bonchev–Trinajstić information content (AvgIpc) is 2.59. The van der Waals surface area contributed by atoms with Crippen LogP contribution in [0.15, 0.2) is 30.3 Å². The first-order valence-electron chi connectivity index (χ1n) is 7.05. The fourth-order valence-corrected chi connectivity index (χ4v) is 1.40. The first-order chi connectivity index (χ1) is 13.4. The van der Waals surface area contributed by atoms with E-state index < -0.39 is 47.9 Å². The Balaban J connectivity index is 2.77. The lowest BCUT2D eigenvalue weighted by Crippen LogP contribution is -2.46. The van der Waals surface area contributed by atoms with Crippen LogP contribution in [0.2, 0.25) is 0 Å². The van der Waals surface area contributed by atoms with Gasteiger partial charge in [-0.25, -0.2) is 14.4 Å². The molecule has 1 aromatic carbocycles. The third kappa shape index (κ3) is 5.70. The minimum Gasteiger partial charge on any atom is -0.422 e. The van der Waals surface area contributed by atoms with Crippen LogP contribution >= 0.6 is 0 Å². The number of carbonyl (C=O) groups excluding carboxylic acids is 3. The van der Waals surface area contributed by atoms with Crippen molar-refractivity contribution >= 4 is 24.0 Å². The van der Waals surface area contributed by atoms with Gasteiger partial charge in [0.25, 0.3) is 0 Å². The van der Waals surface area contributed by atoms with Crippen molar-refractivity contribution < 1.29 is 67.8 Å². The second-order valence-electron chi connectivity index (χ2n) is 5.14. The van der Waals surface area contributed by atoms with Crippen LogP contribution in [0.4, 0.5) is 43.9 Å². The Morgan fingerprint density at radius 2 is 1.13 bits per heavy atom. The molecule has 0 amide bonds. The molecule has 0 aliphatic rings. The van der Waals surface area contributed by atoms with Crippen molar-refractivity contribution in [3.63, 3.8) is 0 Å². The van der Waals surface area contributed by atoms with Gasteiger partial charge >= 0.3 is 42.1 Å². The molecular weight excluding hydrogens is 450 g/mol. The topological polar surface area (TPSA) is 69.7 Å². The van der Waals surface area contributed by atoms with Crippen molar-refractivity contribution in [2.75, 3.05) is 0 Å². The van der Waals surface area contributed by atoms with Gasteiger partial charge in [-0.2, -0.15) is 43.9 Å². The molecule has 0 spiro atoms. The number of rotatable bonds is 5. The fourth-order valence-electron chi connectivity index (χ4n) is 1.40. The zero-order chi connectivity index (χ0) is 23.5. The minimum absolute atomic E-state index is 0.107. The molecule has 0 atom stereocenters. The largest absolute Gasteiger partial charge is 0.465 e. The normalized spacial score (nSPS) is 13.3. The third-order valence-electron chi connectivity index (χ3n) is 2.92. The van der Waals surface area contributed by atoms with Crippen molar-refractivity contribution in [1.82, 2.24) is 0 Å². The number of hydrogen-bond donors (Lipinski definition) is 0. The van der Waals surface area contributed by atoms with Gasteiger partial charge < -0.3 is 9.47 Å². The SMILES string of the molecule is O=C(/C=C/c1ccc(OC(=O)C(F)(F)C(F)(F)F)cc1)OC(=O)C(F)(F)C(F)(F)F. The van der Waals surface area contributed by atoms with Crippen LogP contribution < -0.4 is 4.74 Å². The Kier molecular flexibility index (Phi) is 6.90. The van der Waals surface area contributed by atoms with Gasteiger partial charge in [0, 0.05) is 6.08 Å². The van der Waals surface area contributed by atoms with E-state index in [2.05, 4.69) is 9.47 Å². The Morgan fingerprint density at radius 3 is 1.57 bits per heavy atom. The van der Waals surface area contributed by atoms with Gasteiger partial charge in [-0.05, 0) is 23.8 Å². The summed E-state index contributed by atoms with van der Waals surface area (Å²) < 4.78 is 130. The van der Waals surface area contributed by atoms with E-state index in [1.807, 2.05) is 0 Å². The highest BCUT2D eigenvalue weighted by Gasteiger charge is 2.66. The summed E-state index contributed by atoms with van der Waals surface area (Å²) in [4.78, 5) is 32.7. The third-order valence-corrected chi connectivity index (χ3v) is 2.92. The lowest BCUT2D eigenvalue weighted by molar-refractivity contribution is -0.278. The van der Waals surface area contributed by atoms with E-state index in [1.165, 1.54) is 0 Å². The van der Waals surface area contributed by atoms with Gasteiger partial charge in [-0.3, -0.25) is 0 Å². The highest BCUT2D eigenvalue weighted by Crippen LogP contribution is 2.37. The van der Waals surface area contributed by atoms with Crippen LogP contribution in [0, 0.1) is 0 Å². The van der Waals surface area contributed by atoms with Crippen molar-refractivity contribution in [2.45, 2.75) is 24.2 Å². The highest BCUT2D eigenvalue weighted by atomic mass is 19.4. The van der Waals surface area contributed by atoms with Gasteiger partial charge in [0.15, 0.2) is 0 Å². The molecular formula is C15H6F10O5. The molecule has 1 rings (SSSR count). The summed E-state index contributed by atoms with van der Waals surface area (Å²) in [5.74, 6) is -20.5. The number of halogens is 10. The zero-order valence-electron chi connectivity index (χ0n) is 13.8. The molecule has 0 heterocycles. The molecule has 15 heteroatoms. The lowest BCUT2D eigenvalue weighted by atomic mass is 10.2. The van der Waals surface area contributed by atoms with Gasteiger partial charge in [0.05, 0.1) is 0 Å². The summed E-state index contributed by atoms with van der Waals surface area (Å²) in [6, 6.07) is 3.12. The van der Waals surface area contributed by atoms with Gasteiger partial charge in [0.2, 0.25) is 0 Å². The van der Waals surface area contributed by atoms with Crippen LogP contribution in [0.25, 0.3) is 6.08 Å². The summed E-state index contributed by atoms with van der Waals surface area (Å²) >= 11 is 0. The van der Waals surface area contributed by atoms with E-state index in [9.17, 15) is 58.3 Å². The van der Waals surface area contributed by atoms with E-state index >= 15 is 0 Å². The zero-order valence-corrected chi connectivity index (χ0v) is 13.8. The van der Waals surface area contributed by atoms with Crippen LogP contribution in [0.3, 0.4) is 0 Å². The molecule has 0 aliphatic carbocycles. The summed E-state index contributed by atoms with van der Waals surface area (Å²) in [5.41, 5.74) is -0.107. The molecule has 0 N–H and O–H groups in total. The molecule has 0 unspecified atom stereocenters. The number of benzene rings is 1. The quantitative estimate of drug-likeness (QED) is 0.220. The summed E-state index contributed by atoms with van der Waals surface area (Å²) in [6.07, 6.45) is -11.6. The molecule has 0 aliphatic heterocycles. The average molecular weight is 456 g/mol. The number of hydrogen-bond acceptors (Lipinski definition) is 5. The standard InChI is InChI=1S/C15H6F10O5/c16-12(17,14(20,21)22)10(27)29-8-4-1-7(2-5-8)3-6-9(26)30-11(28)13(18,19)15(23,24)25/h1-6H/b6-3+. The molecule has 0 saturated heterocycles. The monoisotopic (exact) mass is 456 g/mol. The number of alkyl halides is 10. The predicted octanol–water partition coefficient (Wildman–Crippen LogP) is 4.07. The van der Waals surface area contributed by atoms with E-state index in [-0.39, 0.29) is 11.6 Å². The molecule has 1 aromatic rings. The van der Waals surface area contributed by atoms with E-state index in [1.54, 1.807) is 0 Å². The fraction of sp³-hybridized carbons (Fsp3) is 0.267. The molecule has 0 fully saturated rings. The number of esters is 3. The smallest absolute Gasteiger partial charge is 0.422 e.